The Morgan fingerprint density at radius 2 is 1.90 bits per heavy atom. The van der Waals surface area contributed by atoms with Gasteiger partial charge in [-0.25, -0.2) is 8.42 Å². The Balaban J connectivity index is 1.84. The summed E-state index contributed by atoms with van der Waals surface area (Å²) in [7, 11) is -3.41. The Kier molecular flexibility index (Phi) is 3.77. The van der Waals surface area contributed by atoms with Crippen LogP contribution in [0.15, 0.2) is 34.2 Å². The maximum Gasteiger partial charge on any atom is 0.263 e. The van der Waals surface area contributed by atoms with E-state index in [2.05, 4.69) is 16.0 Å². The summed E-state index contributed by atoms with van der Waals surface area (Å²) in [5, 5.41) is 0.735. The molecule has 1 aromatic carbocycles. The number of hydrogen-bond acceptors (Lipinski definition) is 4. The summed E-state index contributed by atoms with van der Waals surface area (Å²) in [5.74, 6) is 0.521. The summed E-state index contributed by atoms with van der Waals surface area (Å²) in [6, 6.07) is 7.28. The Morgan fingerprint density at radius 3 is 2.60 bits per heavy atom. The standard InChI is InChI=1S/C14H18N2O2S2/c1-19-11-8-6-10(7-9-11)15-14-12-4-2-3-5-13(12)20(17,18)16-14/h2-5,10-11H,6-9H2,1H3,(H,15,16). The van der Waals surface area contributed by atoms with Crippen molar-refractivity contribution in [1.82, 2.24) is 4.72 Å². The second-order valence-corrected chi connectivity index (χ2v) is 8.03. The molecule has 4 nitrogen and oxygen atoms in total. The molecule has 0 atom stereocenters. The molecule has 0 spiro atoms. The van der Waals surface area contributed by atoms with Gasteiger partial charge < -0.3 is 0 Å². The van der Waals surface area contributed by atoms with E-state index in [9.17, 15) is 8.42 Å². The second-order valence-electron chi connectivity index (χ2n) is 5.25. The first kappa shape index (κ1) is 13.9. The van der Waals surface area contributed by atoms with Gasteiger partial charge in [-0.2, -0.15) is 11.8 Å². The quantitative estimate of drug-likeness (QED) is 0.912. The first-order chi connectivity index (χ1) is 9.60. The first-order valence-electron chi connectivity index (χ1n) is 6.83. The molecule has 1 fully saturated rings. The third kappa shape index (κ3) is 2.59. The van der Waals surface area contributed by atoms with Gasteiger partial charge >= 0.3 is 0 Å². The van der Waals surface area contributed by atoms with Crippen molar-refractivity contribution in [2.45, 2.75) is 41.9 Å². The van der Waals surface area contributed by atoms with Gasteiger partial charge in [0.2, 0.25) is 0 Å². The molecule has 1 aliphatic carbocycles. The molecule has 0 saturated heterocycles. The Labute approximate surface area is 124 Å². The second kappa shape index (κ2) is 5.41. The average Bonchev–Trinajstić information content (AvgIpc) is 2.72. The Morgan fingerprint density at radius 1 is 1.20 bits per heavy atom. The van der Waals surface area contributed by atoms with Gasteiger partial charge in [0.05, 0.1) is 10.9 Å². The van der Waals surface area contributed by atoms with Crippen molar-refractivity contribution in [2.24, 2.45) is 4.99 Å². The number of fused-ring (bicyclic) bond motifs is 1. The maximum absolute atomic E-state index is 12.0. The minimum atomic E-state index is -3.41. The normalized spacial score (nSPS) is 29.9. The third-order valence-corrected chi connectivity index (χ3v) is 6.49. The van der Waals surface area contributed by atoms with E-state index in [1.54, 1.807) is 12.1 Å². The van der Waals surface area contributed by atoms with Crippen LogP contribution in [0.4, 0.5) is 0 Å². The Hall–Kier alpha value is -1.01. The monoisotopic (exact) mass is 310 g/mol. The number of rotatable bonds is 2. The van der Waals surface area contributed by atoms with Gasteiger partial charge in [0.1, 0.15) is 5.84 Å². The lowest BCUT2D eigenvalue weighted by Gasteiger charge is -2.25. The molecule has 1 heterocycles. The van der Waals surface area contributed by atoms with Crippen molar-refractivity contribution < 1.29 is 8.42 Å². The third-order valence-electron chi connectivity index (χ3n) is 3.95. The largest absolute Gasteiger partial charge is 0.264 e. The fourth-order valence-electron chi connectivity index (χ4n) is 2.82. The van der Waals surface area contributed by atoms with E-state index in [0.717, 1.165) is 30.9 Å². The predicted molar refractivity (Wildman–Crippen MR) is 82.9 cm³/mol. The molecule has 108 valence electrons. The van der Waals surface area contributed by atoms with E-state index < -0.39 is 10.0 Å². The van der Waals surface area contributed by atoms with Crippen LogP contribution >= 0.6 is 11.8 Å². The summed E-state index contributed by atoms with van der Waals surface area (Å²) < 4.78 is 26.6. The fourth-order valence-corrected chi connectivity index (χ4v) is 4.81. The lowest BCUT2D eigenvalue weighted by atomic mass is 9.95. The van der Waals surface area contributed by atoms with Crippen LogP contribution in [0.3, 0.4) is 0 Å². The minimum Gasteiger partial charge on any atom is -0.264 e. The molecule has 2 aliphatic rings. The zero-order valence-electron chi connectivity index (χ0n) is 11.4. The summed E-state index contributed by atoms with van der Waals surface area (Å²) in [4.78, 5) is 5.00. The highest BCUT2D eigenvalue weighted by Gasteiger charge is 2.31. The van der Waals surface area contributed by atoms with Gasteiger partial charge in [0, 0.05) is 10.8 Å². The number of hydrogen-bond donors (Lipinski definition) is 1. The average molecular weight is 310 g/mol. The van der Waals surface area contributed by atoms with E-state index in [1.807, 2.05) is 23.9 Å². The highest BCUT2D eigenvalue weighted by molar-refractivity contribution is 7.99. The van der Waals surface area contributed by atoms with E-state index in [4.69, 9.17) is 0 Å². The number of nitrogens with one attached hydrogen (secondary N) is 1. The molecule has 0 bridgehead atoms. The van der Waals surface area contributed by atoms with Crippen LogP contribution in [0.25, 0.3) is 0 Å². The minimum absolute atomic E-state index is 0.238. The molecule has 1 saturated carbocycles. The molecular formula is C14H18N2O2S2. The molecule has 20 heavy (non-hydrogen) atoms. The molecule has 1 aromatic rings. The van der Waals surface area contributed by atoms with Crippen LogP contribution < -0.4 is 4.72 Å². The lowest BCUT2D eigenvalue weighted by molar-refractivity contribution is 0.453. The first-order valence-corrected chi connectivity index (χ1v) is 9.60. The smallest absolute Gasteiger partial charge is 0.263 e. The van der Waals surface area contributed by atoms with Crippen LogP contribution in [0.1, 0.15) is 31.2 Å². The van der Waals surface area contributed by atoms with Crippen molar-refractivity contribution in [3.8, 4) is 0 Å². The topological polar surface area (TPSA) is 58.5 Å². The number of aliphatic imine (C=N–C) groups is 1. The zero-order chi connectivity index (χ0) is 14.2. The molecule has 0 aromatic heterocycles. The lowest BCUT2D eigenvalue weighted by Crippen LogP contribution is -2.26. The summed E-state index contributed by atoms with van der Waals surface area (Å²) >= 11 is 1.92. The van der Waals surface area contributed by atoms with Crippen LogP contribution in [0.5, 0.6) is 0 Å². The van der Waals surface area contributed by atoms with E-state index in [1.165, 1.54) is 0 Å². The molecule has 0 radical (unpaired) electrons. The number of benzene rings is 1. The highest BCUT2D eigenvalue weighted by Crippen LogP contribution is 2.30. The molecule has 1 N–H and O–H groups in total. The summed E-state index contributed by atoms with van der Waals surface area (Å²) in [6.07, 6.45) is 6.56. The molecule has 0 unspecified atom stereocenters. The van der Waals surface area contributed by atoms with Crippen LogP contribution in [-0.4, -0.2) is 31.8 Å². The molecular weight excluding hydrogens is 292 g/mol. The van der Waals surface area contributed by atoms with Gasteiger partial charge in [-0.3, -0.25) is 9.71 Å². The number of nitrogens with zero attached hydrogens (tertiary/aromatic N) is 1. The molecule has 1 aliphatic heterocycles. The summed E-state index contributed by atoms with van der Waals surface area (Å²) in [5.41, 5.74) is 0.708. The SMILES string of the molecule is CSC1CCC(N=C2NS(=O)(=O)c3ccccc32)CC1. The van der Waals surface area contributed by atoms with Gasteiger partial charge in [0.15, 0.2) is 0 Å². The van der Waals surface area contributed by atoms with Crippen molar-refractivity contribution in [2.75, 3.05) is 6.26 Å². The van der Waals surface area contributed by atoms with Gasteiger partial charge in [-0.15, -0.1) is 0 Å². The molecule has 6 heteroatoms. The van der Waals surface area contributed by atoms with Crippen molar-refractivity contribution in [3.63, 3.8) is 0 Å². The Bertz CT molecular complexity index is 632. The van der Waals surface area contributed by atoms with Gasteiger partial charge in [-0.1, -0.05) is 12.1 Å². The van der Waals surface area contributed by atoms with E-state index in [0.29, 0.717) is 16.3 Å². The highest BCUT2D eigenvalue weighted by atomic mass is 32.2. The van der Waals surface area contributed by atoms with Crippen molar-refractivity contribution in [1.29, 1.82) is 0 Å². The van der Waals surface area contributed by atoms with Crippen LogP contribution in [-0.2, 0) is 10.0 Å². The van der Waals surface area contributed by atoms with E-state index >= 15 is 0 Å². The predicted octanol–water partition coefficient (Wildman–Crippen LogP) is 2.40. The molecule has 0 amide bonds. The van der Waals surface area contributed by atoms with Crippen LogP contribution in [0.2, 0.25) is 0 Å². The summed E-state index contributed by atoms with van der Waals surface area (Å²) in [6.45, 7) is 0. The maximum atomic E-state index is 12.0. The van der Waals surface area contributed by atoms with Gasteiger partial charge in [0.25, 0.3) is 10.0 Å². The van der Waals surface area contributed by atoms with Crippen molar-refractivity contribution >= 4 is 27.6 Å². The number of sulfonamides is 1. The van der Waals surface area contributed by atoms with Crippen molar-refractivity contribution in [3.05, 3.63) is 29.8 Å². The van der Waals surface area contributed by atoms with E-state index in [-0.39, 0.29) is 6.04 Å². The number of thioether (sulfide) groups is 1. The molecule has 3 rings (SSSR count). The number of amidine groups is 1. The van der Waals surface area contributed by atoms with Crippen LogP contribution in [0, 0.1) is 0 Å². The fraction of sp³-hybridized carbons (Fsp3) is 0.500. The zero-order valence-corrected chi connectivity index (χ0v) is 13.0. The van der Waals surface area contributed by atoms with Gasteiger partial charge in [-0.05, 0) is 44.1 Å².